The van der Waals surface area contributed by atoms with E-state index in [1.165, 1.54) is 12.1 Å². The van der Waals surface area contributed by atoms with Crippen molar-refractivity contribution in [2.24, 2.45) is 0 Å². The molecule has 0 fully saturated rings. The maximum absolute atomic E-state index is 14.1. The van der Waals surface area contributed by atoms with Crippen LogP contribution in [0.5, 0.6) is 0 Å². The predicted molar refractivity (Wildman–Crippen MR) is 86.6 cm³/mol. The lowest BCUT2D eigenvalue weighted by atomic mass is 9.95. The molecule has 0 radical (unpaired) electrons. The first-order valence-corrected chi connectivity index (χ1v) is 7.63. The molecule has 7 heteroatoms. The van der Waals surface area contributed by atoms with Crippen LogP contribution in [0.2, 0.25) is 0 Å². The average molecular weight is 380 g/mol. The topological polar surface area (TPSA) is 0 Å². The van der Waals surface area contributed by atoms with Gasteiger partial charge in [0.1, 0.15) is 5.82 Å². The largest absolute Gasteiger partial charge is 0.206 e. The molecule has 0 spiro atoms. The summed E-state index contributed by atoms with van der Waals surface area (Å²) in [6.45, 7) is 0. The molecule has 0 saturated carbocycles. The summed E-state index contributed by atoms with van der Waals surface area (Å²) in [6.07, 6.45) is 0. The van der Waals surface area contributed by atoms with Crippen molar-refractivity contribution in [3.8, 4) is 11.1 Å². The van der Waals surface area contributed by atoms with E-state index in [2.05, 4.69) is 0 Å². The molecule has 0 nitrogen and oxygen atoms in total. The number of benzene rings is 4. The first kappa shape index (κ1) is 17.3. The molecule has 4 aromatic carbocycles. The van der Waals surface area contributed by atoms with Crippen LogP contribution in [0.3, 0.4) is 0 Å². The number of rotatable bonds is 1. The summed E-state index contributed by atoms with van der Waals surface area (Å²) in [6, 6.07) is 7.40. The van der Waals surface area contributed by atoms with E-state index < -0.39 is 56.9 Å². The first-order valence-electron chi connectivity index (χ1n) is 7.63. The van der Waals surface area contributed by atoms with E-state index in [0.29, 0.717) is 0 Å². The summed E-state index contributed by atoms with van der Waals surface area (Å²) >= 11 is 0. The number of fused-ring (bicyclic) bond motifs is 2. The molecule has 0 aliphatic rings. The van der Waals surface area contributed by atoms with Crippen molar-refractivity contribution in [2.45, 2.75) is 0 Å². The molecule has 0 bridgehead atoms. The lowest BCUT2D eigenvalue weighted by Gasteiger charge is -2.11. The van der Waals surface area contributed by atoms with Gasteiger partial charge in [-0.05, 0) is 34.7 Å². The van der Waals surface area contributed by atoms with Crippen molar-refractivity contribution in [2.75, 3.05) is 0 Å². The molecule has 0 unspecified atom stereocenters. The Kier molecular flexibility index (Phi) is 3.83. The summed E-state index contributed by atoms with van der Waals surface area (Å²) in [5.74, 6) is -10.7. The Morgan fingerprint density at radius 1 is 0.444 bits per heavy atom. The van der Waals surface area contributed by atoms with Crippen LogP contribution in [0.4, 0.5) is 30.7 Å². The third kappa shape index (κ3) is 2.45. The van der Waals surface area contributed by atoms with E-state index in [4.69, 9.17) is 0 Å². The predicted octanol–water partition coefficient (Wildman–Crippen LogP) is 6.63. The molecule has 0 aliphatic heterocycles. The zero-order valence-corrected chi connectivity index (χ0v) is 13.2. The second-order valence-electron chi connectivity index (χ2n) is 5.90. The minimum atomic E-state index is -1.96. The molecule has 27 heavy (non-hydrogen) atoms. The normalized spacial score (nSPS) is 11.5. The van der Waals surface area contributed by atoms with Crippen LogP contribution in [0.1, 0.15) is 0 Å². The van der Waals surface area contributed by atoms with E-state index in [0.717, 1.165) is 30.3 Å². The maximum atomic E-state index is 14.1. The van der Waals surface area contributed by atoms with E-state index in [1.807, 2.05) is 0 Å². The van der Waals surface area contributed by atoms with Gasteiger partial charge in [0.25, 0.3) is 0 Å². The van der Waals surface area contributed by atoms with Crippen molar-refractivity contribution in [3.05, 3.63) is 83.2 Å². The zero-order chi connectivity index (χ0) is 19.5. The van der Waals surface area contributed by atoms with Gasteiger partial charge >= 0.3 is 0 Å². The highest BCUT2D eigenvalue weighted by atomic mass is 19.2. The minimum Gasteiger partial charge on any atom is -0.206 e. The van der Waals surface area contributed by atoms with Gasteiger partial charge in [-0.3, -0.25) is 0 Å². The van der Waals surface area contributed by atoms with Crippen molar-refractivity contribution < 1.29 is 30.7 Å². The maximum Gasteiger partial charge on any atom is 0.198 e. The SMILES string of the molecule is Fc1ccc2c(-c3ccc4c(F)c(F)c(F)c(F)c4c3)ccc(F)c2c1F. The van der Waals surface area contributed by atoms with Gasteiger partial charge in [-0.1, -0.05) is 24.3 Å². The van der Waals surface area contributed by atoms with Gasteiger partial charge < -0.3 is 0 Å². The average Bonchev–Trinajstić information content (AvgIpc) is 2.67. The van der Waals surface area contributed by atoms with Crippen molar-refractivity contribution in [3.63, 3.8) is 0 Å². The van der Waals surface area contributed by atoms with E-state index in [1.54, 1.807) is 0 Å². The highest BCUT2D eigenvalue weighted by Crippen LogP contribution is 2.36. The molecular weight excluding hydrogens is 373 g/mol. The highest BCUT2D eigenvalue weighted by Gasteiger charge is 2.21. The molecule has 4 rings (SSSR count). The molecule has 136 valence electrons. The van der Waals surface area contributed by atoms with Crippen molar-refractivity contribution in [1.29, 1.82) is 0 Å². The van der Waals surface area contributed by atoms with Crippen LogP contribution in [0, 0.1) is 40.7 Å². The summed E-state index contributed by atoms with van der Waals surface area (Å²) in [4.78, 5) is 0. The zero-order valence-electron chi connectivity index (χ0n) is 13.2. The van der Waals surface area contributed by atoms with Gasteiger partial charge in [0, 0.05) is 10.8 Å². The summed E-state index contributed by atoms with van der Waals surface area (Å²) in [5.41, 5.74) is 0.333. The van der Waals surface area contributed by atoms with Gasteiger partial charge in [-0.2, -0.15) is 0 Å². The molecule has 0 aromatic heterocycles. The highest BCUT2D eigenvalue weighted by molar-refractivity contribution is 5.99. The summed E-state index contributed by atoms with van der Waals surface area (Å²) in [5, 5.41) is -1.65. The summed E-state index contributed by atoms with van der Waals surface area (Å²) in [7, 11) is 0. The Labute approximate surface area is 147 Å². The Morgan fingerprint density at radius 3 is 1.74 bits per heavy atom. The van der Waals surface area contributed by atoms with Crippen LogP contribution in [0.25, 0.3) is 32.7 Å². The second kappa shape index (κ2) is 5.97. The molecule has 0 N–H and O–H groups in total. The van der Waals surface area contributed by atoms with Crippen molar-refractivity contribution >= 4 is 21.5 Å². The van der Waals surface area contributed by atoms with Crippen LogP contribution < -0.4 is 0 Å². The monoisotopic (exact) mass is 380 g/mol. The lowest BCUT2D eigenvalue weighted by molar-refractivity contribution is 0.418. The van der Waals surface area contributed by atoms with Crippen LogP contribution in [-0.2, 0) is 0 Å². The standard InChI is InChI=1S/C20H7F7/c21-13-5-3-9(10-4-6-14(22)18(25)15(10)13)8-1-2-11-12(7-8)17(24)20(27)19(26)16(11)23/h1-7H. The number of hydrogen-bond acceptors (Lipinski definition) is 0. The van der Waals surface area contributed by atoms with Gasteiger partial charge in [-0.25, -0.2) is 30.7 Å². The van der Waals surface area contributed by atoms with E-state index >= 15 is 0 Å². The quantitative estimate of drug-likeness (QED) is 0.197. The Balaban J connectivity index is 2.07. The van der Waals surface area contributed by atoms with Crippen molar-refractivity contribution in [1.82, 2.24) is 0 Å². The Bertz CT molecular complexity index is 1240. The third-order valence-electron chi connectivity index (χ3n) is 4.40. The van der Waals surface area contributed by atoms with Gasteiger partial charge in [-0.15, -0.1) is 0 Å². The van der Waals surface area contributed by atoms with Gasteiger partial charge in [0.2, 0.25) is 0 Å². The minimum absolute atomic E-state index is 0.0169. The fourth-order valence-electron chi connectivity index (χ4n) is 3.10. The fraction of sp³-hybridized carbons (Fsp3) is 0. The molecule has 0 heterocycles. The molecule has 4 aromatic rings. The van der Waals surface area contributed by atoms with E-state index in [9.17, 15) is 30.7 Å². The molecule has 0 aliphatic carbocycles. The number of hydrogen-bond donors (Lipinski definition) is 0. The first-order chi connectivity index (χ1) is 12.8. The lowest BCUT2D eigenvalue weighted by Crippen LogP contribution is -1.98. The van der Waals surface area contributed by atoms with E-state index in [-0.39, 0.29) is 16.5 Å². The Morgan fingerprint density at radius 2 is 1.04 bits per heavy atom. The van der Waals surface area contributed by atoms with Gasteiger partial charge in [0.05, 0.1) is 5.39 Å². The Hall–Kier alpha value is -3.09. The number of halogens is 7. The van der Waals surface area contributed by atoms with Crippen LogP contribution in [-0.4, -0.2) is 0 Å². The molecular formula is C20H7F7. The second-order valence-corrected chi connectivity index (χ2v) is 5.90. The molecule has 0 saturated heterocycles. The third-order valence-corrected chi connectivity index (χ3v) is 4.40. The molecule has 0 amide bonds. The fourth-order valence-corrected chi connectivity index (χ4v) is 3.10. The smallest absolute Gasteiger partial charge is 0.198 e. The summed E-state index contributed by atoms with van der Waals surface area (Å²) < 4.78 is 96.3. The van der Waals surface area contributed by atoms with Crippen LogP contribution in [0.15, 0.2) is 42.5 Å². The molecule has 0 atom stereocenters. The van der Waals surface area contributed by atoms with Crippen LogP contribution >= 0.6 is 0 Å². The van der Waals surface area contributed by atoms with Gasteiger partial charge in [0.15, 0.2) is 34.9 Å².